The second-order valence-electron chi connectivity index (χ2n) is 8.20. The summed E-state index contributed by atoms with van der Waals surface area (Å²) in [6.45, 7) is 4.59. The molecule has 1 heteroatoms. The summed E-state index contributed by atoms with van der Waals surface area (Å²) in [6.07, 6.45) is 17.5. The Morgan fingerprint density at radius 3 is 1.56 bits per heavy atom. The van der Waals surface area contributed by atoms with Crippen LogP contribution in [0, 0.1) is 0 Å². The highest BCUT2D eigenvalue weighted by Crippen LogP contribution is 2.49. The maximum atomic E-state index is 3.31. The number of rotatable bonds is 10. The van der Waals surface area contributed by atoms with Crippen molar-refractivity contribution in [1.29, 1.82) is 0 Å². The molecule has 3 aromatic rings. The van der Waals surface area contributed by atoms with Gasteiger partial charge >= 0.3 is 0 Å². The number of hydrogen-bond acceptors (Lipinski definition) is 0. The second-order valence-corrected chi connectivity index (χ2v) is 8.20. The van der Waals surface area contributed by atoms with Crippen LogP contribution in [-0.2, 0) is 12.8 Å². The van der Waals surface area contributed by atoms with E-state index >= 15 is 0 Å². The topological polar surface area (TPSA) is 15.8 Å². The van der Waals surface area contributed by atoms with Crippen molar-refractivity contribution in [3.05, 3.63) is 47.8 Å². The predicted octanol–water partition coefficient (Wildman–Crippen LogP) is 8.06. The molecular weight excluding hydrogens is 326 g/mol. The third-order valence-corrected chi connectivity index (χ3v) is 6.26. The lowest BCUT2D eigenvalue weighted by atomic mass is 9.90. The first-order valence-electron chi connectivity index (χ1n) is 11.1. The Labute approximate surface area is 164 Å². The average Bonchev–Trinajstić information content (AvgIpc) is 3.27. The highest BCUT2D eigenvalue weighted by Gasteiger charge is 2.24. The smallest absolute Gasteiger partial charge is 0.00908 e. The van der Waals surface area contributed by atoms with Crippen molar-refractivity contribution in [1.82, 2.24) is 4.98 Å². The van der Waals surface area contributed by atoms with Crippen LogP contribution < -0.4 is 0 Å². The molecule has 0 bridgehead atoms. The van der Waals surface area contributed by atoms with Gasteiger partial charge in [0.15, 0.2) is 0 Å². The van der Waals surface area contributed by atoms with Gasteiger partial charge in [0, 0.05) is 23.5 Å². The molecule has 142 valence electrons. The molecule has 0 radical (unpaired) electrons. The van der Waals surface area contributed by atoms with E-state index in [0.717, 1.165) is 0 Å². The molecule has 0 unspecified atom stereocenters. The summed E-state index contributed by atoms with van der Waals surface area (Å²) < 4.78 is 0. The van der Waals surface area contributed by atoms with Crippen LogP contribution in [0.1, 0.15) is 76.3 Å². The van der Waals surface area contributed by atoms with Crippen molar-refractivity contribution in [2.24, 2.45) is 0 Å². The summed E-state index contributed by atoms with van der Waals surface area (Å²) in [4.78, 5) is 3.31. The van der Waals surface area contributed by atoms with Crippen LogP contribution in [0.15, 0.2) is 36.7 Å². The molecule has 0 saturated heterocycles. The largest absolute Gasteiger partial charge is 0.366 e. The monoisotopic (exact) mass is 359 g/mol. The van der Waals surface area contributed by atoms with Crippen LogP contribution in [0.5, 0.6) is 0 Å². The van der Waals surface area contributed by atoms with Crippen molar-refractivity contribution in [2.45, 2.75) is 78.1 Å². The van der Waals surface area contributed by atoms with Crippen LogP contribution in [0.2, 0.25) is 0 Å². The van der Waals surface area contributed by atoms with E-state index in [0.29, 0.717) is 0 Å². The molecule has 1 N–H and O–H groups in total. The van der Waals surface area contributed by atoms with E-state index in [4.69, 9.17) is 0 Å². The van der Waals surface area contributed by atoms with Gasteiger partial charge in [0.2, 0.25) is 0 Å². The van der Waals surface area contributed by atoms with Crippen molar-refractivity contribution in [3.8, 4) is 22.3 Å². The number of aryl methyl sites for hydroxylation is 2. The highest BCUT2D eigenvalue weighted by molar-refractivity contribution is 6.16. The Morgan fingerprint density at radius 1 is 0.556 bits per heavy atom. The van der Waals surface area contributed by atoms with E-state index in [1.807, 2.05) is 0 Å². The third kappa shape index (κ3) is 3.45. The van der Waals surface area contributed by atoms with Crippen molar-refractivity contribution >= 4 is 10.8 Å². The van der Waals surface area contributed by atoms with Gasteiger partial charge in [0.25, 0.3) is 0 Å². The molecule has 1 aliphatic carbocycles. The molecular formula is C26H33N. The number of fused-ring (bicyclic) bond motifs is 3. The first-order valence-corrected chi connectivity index (χ1v) is 11.1. The summed E-state index contributed by atoms with van der Waals surface area (Å²) in [7, 11) is 0. The Balaban J connectivity index is 1.73. The molecule has 0 aliphatic heterocycles. The lowest BCUT2D eigenvalue weighted by Crippen LogP contribution is -1.95. The minimum atomic E-state index is 1.22. The molecule has 1 heterocycles. The molecule has 0 amide bonds. The highest BCUT2D eigenvalue weighted by atomic mass is 14.6. The predicted molar refractivity (Wildman–Crippen MR) is 118 cm³/mol. The Morgan fingerprint density at radius 2 is 1.07 bits per heavy atom. The van der Waals surface area contributed by atoms with Crippen LogP contribution in [0.25, 0.3) is 33.0 Å². The summed E-state index contributed by atoms with van der Waals surface area (Å²) in [5.74, 6) is 0. The molecule has 0 spiro atoms. The van der Waals surface area contributed by atoms with Crippen molar-refractivity contribution in [2.75, 3.05) is 0 Å². The van der Waals surface area contributed by atoms with Gasteiger partial charge < -0.3 is 4.98 Å². The van der Waals surface area contributed by atoms with E-state index in [1.54, 1.807) is 16.5 Å². The fourth-order valence-corrected chi connectivity index (χ4v) is 4.80. The zero-order valence-corrected chi connectivity index (χ0v) is 17.0. The zero-order valence-electron chi connectivity index (χ0n) is 17.0. The molecule has 0 atom stereocenters. The van der Waals surface area contributed by atoms with Crippen molar-refractivity contribution < 1.29 is 0 Å². The SMILES string of the molecule is CCCCCCc1ccc2c3c(ccc(CCCCCC)c13)-c1c[nH]cc1-2. The molecule has 1 nitrogen and oxygen atoms in total. The van der Waals surface area contributed by atoms with Gasteiger partial charge in [-0.1, -0.05) is 76.6 Å². The van der Waals surface area contributed by atoms with Gasteiger partial charge in [0.05, 0.1) is 0 Å². The number of aromatic amines is 1. The fraction of sp³-hybridized carbons (Fsp3) is 0.462. The van der Waals surface area contributed by atoms with Gasteiger partial charge in [-0.15, -0.1) is 0 Å². The summed E-state index contributed by atoms with van der Waals surface area (Å²) >= 11 is 0. The van der Waals surface area contributed by atoms with Gasteiger partial charge in [0.1, 0.15) is 0 Å². The molecule has 2 aromatic carbocycles. The lowest BCUT2D eigenvalue weighted by Gasteiger charge is -2.14. The third-order valence-electron chi connectivity index (χ3n) is 6.26. The summed E-state index contributed by atoms with van der Waals surface area (Å²) in [5, 5.41) is 3.10. The molecule has 0 fully saturated rings. The molecule has 1 aromatic heterocycles. The minimum absolute atomic E-state index is 1.22. The molecule has 0 saturated carbocycles. The van der Waals surface area contributed by atoms with Crippen LogP contribution >= 0.6 is 0 Å². The maximum Gasteiger partial charge on any atom is 0.00908 e. The van der Waals surface area contributed by atoms with E-state index in [2.05, 4.69) is 55.5 Å². The van der Waals surface area contributed by atoms with Gasteiger partial charge in [-0.3, -0.25) is 0 Å². The molecule has 27 heavy (non-hydrogen) atoms. The quantitative estimate of drug-likeness (QED) is 0.276. The van der Waals surface area contributed by atoms with E-state index < -0.39 is 0 Å². The molecule has 4 rings (SSSR count). The number of aromatic nitrogens is 1. The first-order chi connectivity index (χ1) is 13.3. The van der Waals surface area contributed by atoms with E-state index in [-0.39, 0.29) is 0 Å². The van der Waals surface area contributed by atoms with Crippen LogP contribution in [0.3, 0.4) is 0 Å². The standard InChI is InChI=1S/C26H33N/c1-3-5-7-9-11-19-13-15-21-23-17-27-18-24(23)22-16-14-20(25(19)26(21)22)12-10-8-6-4-2/h13-18,27H,3-12H2,1-2H3. The number of nitrogens with one attached hydrogen (secondary N) is 1. The van der Waals surface area contributed by atoms with Gasteiger partial charge in [-0.05, 0) is 58.7 Å². The van der Waals surface area contributed by atoms with Crippen LogP contribution in [0.4, 0.5) is 0 Å². The molecule has 1 aliphatic rings. The van der Waals surface area contributed by atoms with Gasteiger partial charge in [-0.2, -0.15) is 0 Å². The fourth-order valence-electron chi connectivity index (χ4n) is 4.80. The normalized spacial score (nSPS) is 12.1. The zero-order chi connectivity index (χ0) is 18.6. The van der Waals surface area contributed by atoms with E-state index in [1.165, 1.54) is 91.8 Å². The number of unbranched alkanes of at least 4 members (excludes halogenated alkanes) is 6. The van der Waals surface area contributed by atoms with Crippen LogP contribution in [-0.4, -0.2) is 4.98 Å². The van der Waals surface area contributed by atoms with Gasteiger partial charge in [-0.25, -0.2) is 0 Å². The number of benzene rings is 2. The Hall–Kier alpha value is -2.02. The summed E-state index contributed by atoms with van der Waals surface area (Å²) in [6, 6.07) is 9.60. The van der Waals surface area contributed by atoms with E-state index in [9.17, 15) is 0 Å². The first kappa shape index (κ1) is 18.3. The number of H-pyrrole nitrogens is 1. The number of hydrogen-bond donors (Lipinski definition) is 1. The average molecular weight is 360 g/mol. The Bertz CT molecular complexity index is 846. The Kier molecular flexibility index (Phi) is 5.66. The summed E-state index contributed by atoms with van der Waals surface area (Å²) in [5.41, 5.74) is 8.79. The van der Waals surface area contributed by atoms with Crippen molar-refractivity contribution in [3.63, 3.8) is 0 Å². The maximum absolute atomic E-state index is 3.31. The second kappa shape index (κ2) is 8.33. The minimum Gasteiger partial charge on any atom is -0.366 e. The lowest BCUT2D eigenvalue weighted by molar-refractivity contribution is 0.664.